The highest BCUT2D eigenvalue weighted by Crippen LogP contribution is 2.46. The van der Waals surface area contributed by atoms with Gasteiger partial charge in [-0.05, 0) is 35.9 Å². The van der Waals surface area contributed by atoms with Crippen LogP contribution < -0.4 is 19.2 Å². The number of carbonyl (C=O) groups is 1. The van der Waals surface area contributed by atoms with Crippen molar-refractivity contribution in [3.05, 3.63) is 67.6 Å². The van der Waals surface area contributed by atoms with E-state index in [1.54, 1.807) is 30.1 Å². The fraction of sp³-hybridized carbons (Fsp3) is 0.200. The van der Waals surface area contributed by atoms with Crippen molar-refractivity contribution in [1.29, 1.82) is 0 Å². The van der Waals surface area contributed by atoms with E-state index in [2.05, 4.69) is 0 Å². The van der Waals surface area contributed by atoms with Crippen molar-refractivity contribution >= 4 is 40.4 Å². The Kier molecular flexibility index (Phi) is 3.96. The van der Waals surface area contributed by atoms with Gasteiger partial charge in [-0.3, -0.25) is 19.1 Å². The third-order valence-electron chi connectivity index (χ3n) is 5.03. The molecule has 6 nitrogen and oxygen atoms in total. The summed E-state index contributed by atoms with van der Waals surface area (Å²) in [6.45, 7) is 0.189. The Morgan fingerprint density at radius 3 is 2.75 bits per heavy atom. The molecule has 0 saturated carbocycles. The van der Waals surface area contributed by atoms with E-state index in [4.69, 9.17) is 21.1 Å². The molecular weight excluding hydrogens is 400 g/mol. The molecule has 8 heteroatoms. The monoisotopic (exact) mass is 414 g/mol. The van der Waals surface area contributed by atoms with Crippen molar-refractivity contribution in [2.24, 2.45) is 7.05 Å². The number of carbonyl (C=O) groups excluding carboxylic acids is 1. The van der Waals surface area contributed by atoms with Crippen LogP contribution in [0.4, 0.5) is 11.5 Å². The van der Waals surface area contributed by atoms with Gasteiger partial charge in [-0.25, -0.2) is 0 Å². The quantitative estimate of drug-likeness (QED) is 0.635. The molecule has 2 aliphatic heterocycles. The number of nitrogens with zero attached hydrogens (tertiary/aromatic N) is 2. The number of fused-ring (bicyclic) bond motifs is 2. The van der Waals surface area contributed by atoms with Crippen molar-refractivity contribution < 1.29 is 14.3 Å². The molecule has 0 N–H and O–H groups in total. The van der Waals surface area contributed by atoms with Crippen molar-refractivity contribution in [2.75, 3.05) is 11.7 Å². The zero-order valence-electron chi connectivity index (χ0n) is 14.8. The van der Waals surface area contributed by atoms with Crippen LogP contribution in [0.25, 0.3) is 0 Å². The maximum absolute atomic E-state index is 13.2. The summed E-state index contributed by atoms with van der Waals surface area (Å²) < 4.78 is 12.4. The number of ether oxygens (including phenoxy) is 2. The molecule has 0 fully saturated rings. The zero-order chi connectivity index (χ0) is 19.4. The molecule has 1 atom stereocenters. The Balaban J connectivity index is 1.66. The number of halogens is 1. The van der Waals surface area contributed by atoms with Crippen LogP contribution in [0.1, 0.15) is 22.8 Å². The molecule has 3 heterocycles. The summed E-state index contributed by atoms with van der Waals surface area (Å²) in [5.74, 6) is 1.63. The number of anilines is 2. The van der Waals surface area contributed by atoms with E-state index in [0.29, 0.717) is 28.0 Å². The molecule has 142 valence electrons. The highest BCUT2D eigenvalue weighted by Gasteiger charge is 2.37. The first kappa shape index (κ1) is 17.3. The molecular formula is C20H15ClN2O4S. The fourth-order valence-corrected chi connectivity index (χ4v) is 4.98. The lowest BCUT2D eigenvalue weighted by atomic mass is 9.90. The van der Waals surface area contributed by atoms with E-state index < -0.39 is 0 Å². The van der Waals surface area contributed by atoms with Crippen LogP contribution in [0.2, 0.25) is 5.02 Å². The second-order valence-electron chi connectivity index (χ2n) is 6.69. The van der Waals surface area contributed by atoms with Crippen molar-refractivity contribution in [3.8, 4) is 11.5 Å². The van der Waals surface area contributed by atoms with E-state index in [1.165, 1.54) is 15.9 Å². The SMILES string of the molecule is Cn1c2c(sc1=O)[C@@H](c1ccc3c(c1)OCO3)CC(=O)N2c1cccc(Cl)c1. The summed E-state index contributed by atoms with van der Waals surface area (Å²) in [7, 11) is 1.69. The summed E-state index contributed by atoms with van der Waals surface area (Å²) in [6.07, 6.45) is 0.249. The molecule has 3 aromatic rings. The van der Waals surface area contributed by atoms with Gasteiger partial charge in [0.2, 0.25) is 12.7 Å². The number of hydrogen-bond donors (Lipinski definition) is 0. The molecule has 0 radical (unpaired) electrons. The Bertz CT molecular complexity index is 1170. The predicted octanol–water partition coefficient (Wildman–Crippen LogP) is 4.03. The minimum Gasteiger partial charge on any atom is -0.454 e. The number of benzene rings is 2. The molecule has 1 amide bonds. The van der Waals surface area contributed by atoms with E-state index in [1.807, 2.05) is 24.3 Å². The number of thiazole rings is 1. The standard InChI is InChI=1S/C20H15ClN2O4S/c1-22-19-18(28-20(22)25)14(11-5-6-15-16(7-11)27-10-26-15)9-17(24)23(19)13-4-2-3-12(21)8-13/h2-8,14H,9-10H2,1H3/t14-/m1/s1. The highest BCUT2D eigenvalue weighted by molar-refractivity contribution is 7.10. The van der Waals surface area contributed by atoms with Gasteiger partial charge in [0.1, 0.15) is 5.82 Å². The van der Waals surface area contributed by atoms with Gasteiger partial charge >= 0.3 is 4.87 Å². The molecule has 1 aromatic heterocycles. The lowest BCUT2D eigenvalue weighted by molar-refractivity contribution is -0.118. The molecule has 2 aromatic carbocycles. The van der Waals surface area contributed by atoms with E-state index in [0.717, 1.165) is 10.4 Å². The molecule has 0 aliphatic carbocycles. The highest BCUT2D eigenvalue weighted by atomic mass is 35.5. The largest absolute Gasteiger partial charge is 0.454 e. The van der Waals surface area contributed by atoms with Gasteiger partial charge in [0, 0.05) is 24.4 Å². The van der Waals surface area contributed by atoms with Crippen LogP contribution in [-0.4, -0.2) is 17.3 Å². The van der Waals surface area contributed by atoms with Crippen molar-refractivity contribution in [2.45, 2.75) is 12.3 Å². The van der Waals surface area contributed by atoms with Gasteiger partial charge in [-0.15, -0.1) is 0 Å². The zero-order valence-corrected chi connectivity index (χ0v) is 16.4. The number of aromatic nitrogens is 1. The number of rotatable bonds is 2. The van der Waals surface area contributed by atoms with Crippen molar-refractivity contribution in [3.63, 3.8) is 0 Å². The lowest BCUT2D eigenvalue weighted by Gasteiger charge is -2.32. The van der Waals surface area contributed by atoms with Gasteiger partial charge in [-0.2, -0.15) is 0 Å². The third-order valence-corrected chi connectivity index (χ3v) is 6.40. The first-order valence-electron chi connectivity index (χ1n) is 8.70. The van der Waals surface area contributed by atoms with Gasteiger partial charge < -0.3 is 9.47 Å². The lowest BCUT2D eigenvalue weighted by Crippen LogP contribution is -2.34. The average Bonchev–Trinajstić information content (AvgIpc) is 3.26. The summed E-state index contributed by atoms with van der Waals surface area (Å²) >= 11 is 7.30. The van der Waals surface area contributed by atoms with Crippen LogP contribution in [0, 0.1) is 0 Å². The topological polar surface area (TPSA) is 60.8 Å². The second kappa shape index (κ2) is 6.39. The Morgan fingerprint density at radius 2 is 1.93 bits per heavy atom. The molecule has 2 aliphatic rings. The van der Waals surface area contributed by atoms with Crippen LogP contribution >= 0.6 is 22.9 Å². The Morgan fingerprint density at radius 1 is 1.11 bits per heavy atom. The molecule has 0 unspecified atom stereocenters. The maximum Gasteiger partial charge on any atom is 0.308 e. The first-order chi connectivity index (χ1) is 13.5. The molecule has 0 saturated heterocycles. The summed E-state index contributed by atoms with van der Waals surface area (Å²) in [4.78, 5) is 28.0. The third kappa shape index (κ3) is 2.62. The summed E-state index contributed by atoms with van der Waals surface area (Å²) in [6, 6.07) is 12.7. The number of amides is 1. The smallest absolute Gasteiger partial charge is 0.308 e. The minimum absolute atomic E-state index is 0.0918. The number of hydrogen-bond acceptors (Lipinski definition) is 5. The molecule has 5 rings (SSSR count). The van der Waals surface area contributed by atoms with Gasteiger partial charge in [0.05, 0.1) is 10.6 Å². The normalized spacial score (nSPS) is 17.7. The molecule has 28 heavy (non-hydrogen) atoms. The van der Waals surface area contributed by atoms with Gasteiger partial charge in [0.15, 0.2) is 11.5 Å². The van der Waals surface area contributed by atoms with Gasteiger partial charge in [-0.1, -0.05) is 35.1 Å². The fourth-order valence-electron chi connectivity index (χ4n) is 3.70. The molecule has 0 spiro atoms. The van der Waals surface area contributed by atoms with E-state index in [-0.39, 0.29) is 29.9 Å². The summed E-state index contributed by atoms with van der Waals surface area (Å²) in [5.41, 5.74) is 1.57. The van der Waals surface area contributed by atoms with Crippen LogP contribution in [0.15, 0.2) is 47.3 Å². The van der Waals surface area contributed by atoms with Crippen LogP contribution in [0.3, 0.4) is 0 Å². The van der Waals surface area contributed by atoms with E-state index in [9.17, 15) is 9.59 Å². The second-order valence-corrected chi connectivity index (χ2v) is 8.12. The van der Waals surface area contributed by atoms with E-state index >= 15 is 0 Å². The minimum atomic E-state index is -0.216. The van der Waals surface area contributed by atoms with Crippen LogP contribution in [-0.2, 0) is 11.8 Å². The first-order valence-corrected chi connectivity index (χ1v) is 9.90. The van der Waals surface area contributed by atoms with Crippen molar-refractivity contribution in [1.82, 2.24) is 4.57 Å². The van der Waals surface area contributed by atoms with Crippen LogP contribution in [0.5, 0.6) is 11.5 Å². The molecule has 0 bridgehead atoms. The average molecular weight is 415 g/mol. The summed E-state index contributed by atoms with van der Waals surface area (Å²) in [5, 5.41) is 0.532. The maximum atomic E-state index is 13.2. The van der Waals surface area contributed by atoms with Gasteiger partial charge in [0.25, 0.3) is 0 Å². The Hall–Kier alpha value is -2.77. The Labute approximate surface area is 169 Å². The predicted molar refractivity (Wildman–Crippen MR) is 107 cm³/mol.